The third kappa shape index (κ3) is 1.46. The minimum atomic E-state index is 0.0797. The van der Waals surface area contributed by atoms with Gasteiger partial charge in [-0.1, -0.05) is 18.2 Å². The van der Waals surface area contributed by atoms with E-state index in [9.17, 15) is 0 Å². The second kappa shape index (κ2) is 3.71. The summed E-state index contributed by atoms with van der Waals surface area (Å²) in [6, 6.07) is 10.7. The molecule has 1 heterocycles. The third-order valence-electron chi connectivity index (χ3n) is 2.83. The number of aryl methyl sites for hydroxylation is 1. The monoisotopic (exact) mass is 186 g/mol. The van der Waals surface area contributed by atoms with E-state index in [1.165, 1.54) is 11.3 Å². The highest BCUT2D eigenvalue weighted by atomic mass is 15.2. The molecule has 2 nitrogen and oxygen atoms in total. The van der Waals surface area contributed by atoms with Gasteiger partial charge >= 0.3 is 0 Å². The first-order valence-corrected chi connectivity index (χ1v) is 5.05. The van der Waals surface area contributed by atoms with Crippen LogP contribution in [0.1, 0.15) is 18.4 Å². The molecule has 1 aromatic rings. The molecule has 0 aromatic heterocycles. The van der Waals surface area contributed by atoms with Crippen LogP contribution in [0.4, 0.5) is 5.69 Å². The number of nitriles is 1. The molecule has 72 valence electrons. The number of rotatable bonds is 1. The SMILES string of the molecule is Cc1ccccc1N1CCCC1C#N. The average molecular weight is 186 g/mol. The van der Waals surface area contributed by atoms with Crippen LogP contribution in [-0.4, -0.2) is 12.6 Å². The molecule has 2 heteroatoms. The molecule has 1 aromatic carbocycles. The summed E-state index contributed by atoms with van der Waals surface area (Å²) in [5.74, 6) is 0. The van der Waals surface area contributed by atoms with Crippen molar-refractivity contribution in [2.75, 3.05) is 11.4 Å². The lowest BCUT2D eigenvalue weighted by Gasteiger charge is -2.23. The fraction of sp³-hybridized carbons (Fsp3) is 0.417. The largest absolute Gasteiger partial charge is 0.355 e. The summed E-state index contributed by atoms with van der Waals surface area (Å²) in [6.07, 6.45) is 2.14. The number of hydrogen-bond acceptors (Lipinski definition) is 2. The van der Waals surface area contributed by atoms with Crippen molar-refractivity contribution in [3.05, 3.63) is 29.8 Å². The molecule has 1 atom stereocenters. The van der Waals surface area contributed by atoms with E-state index in [4.69, 9.17) is 5.26 Å². The van der Waals surface area contributed by atoms with E-state index in [-0.39, 0.29) is 6.04 Å². The van der Waals surface area contributed by atoms with Gasteiger partial charge in [-0.3, -0.25) is 0 Å². The Labute approximate surface area is 84.8 Å². The van der Waals surface area contributed by atoms with Gasteiger partial charge in [-0.25, -0.2) is 0 Å². The van der Waals surface area contributed by atoms with E-state index >= 15 is 0 Å². The minimum absolute atomic E-state index is 0.0797. The molecule has 0 N–H and O–H groups in total. The highest BCUT2D eigenvalue weighted by Gasteiger charge is 2.24. The molecule has 0 saturated carbocycles. The molecule has 0 radical (unpaired) electrons. The molecule has 0 amide bonds. The number of nitrogens with zero attached hydrogens (tertiary/aromatic N) is 2. The number of benzene rings is 1. The van der Waals surface area contributed by atoms with Crippen LogP contribution >= 0.6 is 0 Å². The Kier molecular flexibility index (Phi) is 2.41. The van der Waals surface area contributed by atoms with E-state index in [0.29, 0.717) is 0 Å². The smallest absolute Gasteiger partial charge is 0.116 e. The van der Waals surface area contributed by atoms with Crippen LogP contribution in [0.5, 0.6) is 0 Å². The topological polar surface area (TPSA) is 27.0 Å². The predicted molar refractivity (Wildman–Crippen MR) is 57.2 cm³/mol. The average Bonchev–Trinajstić information content (AvgIpc) is 2.66. The van der Waals surface area contributed by atoms with Crippen LogP contribution in [0.15, 0.2) is 24.3 Å². The number of para-hydroxylation sites is 1. The van der Waals surface area contributed by atoms with Crippen molar-refractivity contribution < 1.29 is 0 Å². The maximum Gasteiger partial charge on any atom is 0.116 e. The van der Waals surface area contributed by atoms with E-state index in [1.807, 2.05) is 12.1 Å². The van der Waals surface area contributed by atoms with Crippen LogP contribution < -0.4 is 4.90 Å². The van der Waals surface area contributed by atoms with Gasteiger partial charge in [0.15, 0.2) is 0 Å². The molecule has 1 fully saturated rings. The Morgan fingerprint density at radius 1 is 1.43 bits per heavy atom. The van der Waals surface area contributed by atoms with Gasteiger partial charge in [0.25, 0.3) is 0 Å². The van der Waals surface area contributed by atoms with Crippen LogP contribution in [0.3, 0.4) is 0 Å². The minimum Gasteiger partial charge on any atom is -0.355 e. The lowest BCUT2D eigenvalue weighted by atomic mass is 10.1. The van der Waals surface area contributed by atoms with Crippen molar-refractivity contribution in [2.45, 2.75) is 25.8 Å². The van der Waals surface area contributed by atoms with Crippen molar-refractivity contribution >= 4 is 5.69 Å². The molecule has 1 aliphatic rings. The van der Waals surface area contributed by atoms with Gasteiger partial charge in [-0.05, 0) is 31.4 Å². The molecular formula is C12H14N2. The van der Waals surface area contributed by atoms with Crippen LogP contribution in [0.2, 0.25) is 0 Å². The predicted octanol–water partition coefficient (Wildman–Crippen LogP) is 2.49. The molecule has 14 heavy (non-hydrogen) atoms. The van der Waals surface area contributed by atoms with E-state index in [0.717, 1.165) is 19.4 Å². The lowest BCUT2D eigenvalue weighted by molar-refractivity contribution is 0.816. The summed E-state index contributed by atoms with van der Waals surface area (Å²) in [7, 11) is 0. The maximum atomic E-state index is 9.00. The first-order valence-electron chi connectivity index (χ1n) is 5.05. The van der Waals surface area contributed by atoms with Gasteiger partial charge in [-0.15, -0.1) is 0 Å². The zero-order chi connectivity index (χ0) is 9.97. The van der Waals surface area contributed by atoms with E-state index in [1.54, 1.807) is 0 Å². The molecular weight excluding hydrogens is 172 g/mol. The summed E-state index contributed by atoms with van der Waals surface area (Å²) in [6.45, 7) is 3.12. The summed E-state index contributed by atoms with van der Waals surface area (Å²) in [5.41, 5.74) is 2.48. The Morgan fingerprint density at radius 3 is 2.93 bits per heavy atom. The Bertz CT molecular complexity index is 365. The third-order valence-corrected chi connectivity index (χ3v) is 2.83. The van der Waals surface area contributed by atoms with E-state index < -0.39 is 0 Å². The van der Waals surface area contributed by atoms with E-state index in [2.05, 4.69) is 30.0 Å². The van der Waals surface area contributed by atoms with Crippen molar-refractivity contribution in [2.24, 2.45) is 0 Å². The summed E-state index contributed by atoms with van der Waals surface area (Å²) in [4.78, 5) is 2.22. The first kappa shape index (κ1) is 9.08. The highest BCUT2D eigenvalue weighted by Crippen LogP contribution is 2.27. The second-order valence-electron chi connectivity index (χ2n) is 3.77. The van der Waals surface area contributed by atoms with Crippen molar-refractivity contribution in [3.63, 3.8) is 0 Å². The zero-order valence-corrected chi connectivity index (χ0v) is 8.40. The Morgan fingerprint density at radius 2 is 2.21 bits per heavy atom. The molecule has 1 unspecified atom stereocenters. The van der Waals surface area contributed by atoms with Crippen molar-refractivity contribution in [3.8, 4) is 6.07 Å². The Hall–Kier alpha value is -1.49. The summed E-state index contributed by atoms with van der Waals surface area (Å²) >= 11 is 0. The molecule has 0 bridgehead atoms. The van der Waals surface area contributed by atoms with Crippen molar-refractivity contribution in [1.82, 2.24) is 0 Å². The molecule has 1 saturated heterocycles. The van der Waals surface area contributed by atoms with Gasteiger partial charge in [-0.2, -0.15) is 5.26 Å². The normalized spacial score (nSPS) is 20.9. The fourth-order valence-electron chi connectivity index (χ4n) is 2.07. The quantitative estimate of drug-likeness (QED) is 0.673. The molecule has 0 spiro atoms. The molecule has 0 aliphatic carbocycles. The Balaban J connectivity index is 2.31. The van der Waals surface area contributed by atoms with Gasteiger partial charge in [0, 0.05) is 12.2 Å². The van der Waals surface area contributed by atoms with Gasteiger partial charge in [0.2, 0.25) is 0 Å². The standard InChI is InChI=1S/C12H14N2/c1-10-5-2-3-7-12(10)14-8-4-6-11(14)9-13/h2-3,5,7,11H,4,6,8H2,1H3. The summed E-state index contributed by atoms with van der Waals surface area (Å²) < 4.78 is 0. The number of hydrogen-bond donors (Lipinski definition) is 0. The zero-order valence-electron chi connectivity index (χ0n) is 8.40. The van der Waals surface area contributed by atoms with Gasteiger partial charge in [0.05, 0.1) is 6.07 Å². The molecule has 2 rings (SSSR count). The summed E-state index contributed by atoms with van der Waals surface area (Å²) in [5, 5.41) is 9.00. The lowest BCUT2D eigenvalue weighted by Crippen LogP contribution is -2.28. The second-order valence-corrected chi connectivity index (χ2v) is 3.77. The van der Waals surface area contributed by atoms with Crippen LogP contribution in [0.25, 0.3) is 0 Å². The maximum absolute atomic E-state index is 9.00. The fourth-order valence-corrected chi connectivity index (χ4v) is 2.07. The molecule has 1 aliphatic heterocycles. The number of anilines is 1. The van der Waals surface area contributed by atoms with Crippen molar-refractivity contribution in [1.29, 1.82) is 5.26 Å². The van der Waals surface area contributed by atoms with Crippen LogP contribution in [0, 0.1) is 18.3 Å². The van der Waals surface area contributed by atoms with Crippen LogP contribution in [-0.2, 0) is 0 Å². The van der Waals surface area contributed by atoms with Gasteiger partial charge in [0.1, 0.15) is 6.04 Å². The van der Waals surface area contributed by atoms with Gasteiger partial charge < -0.3 is 4.90 Å². The first-order chi connectivity index (χ1) is 6.83. The highest BCUT2D eigenvalue weighted by molar-refractivity contribution is 5.55.